The number of piperazine rings is 1. The van der Waals surface area contributed by atoms with Crippen LogP contribution in [-0.4, -0.2) is 53.9 Å². The van der Waals surface area contributed by atoms with E-state index in [1.54, 1.807) is 13.3 Å². The molecule has 2 aromatic carbocycles. The van der Waals surface area contributed by atoms with Crippen molar-refractivity contribution in [3.05, 3.63) is 78.1 Å². The van der Waals surface area contributed by atoms with E-state index in [2.05, 4.69) is 34.3 Å². The van der Waals surface area contributed by atoms with Crippen LogP contribution in [0.3, 0.4) is 0 Å². The highest BCUT2D eigenvalue weighted by Crippen LogP contribution is 2.21. The van der Waals surface area contributed by atoms with Crippen molar-refractivity contribution in [1.82, 2.24) is 14.7 Å². The Bertz CT molecular complexity index is 913. The smallest absolute Gasteiger partial charge is 0.257 e. The highest BCUT2D eigenvalue weighted by Gasteiger charge is 2.23. The molecule has 0 atom stereocenters. The van der Waals surface area contributed by atoms with Gasteiger partial charge in [-0.25, -0.2) is 0 Å². The third-order valence-corrected chi connectivity index (χ3v) is 5.07. The van der Waals surface area contributed by atoms with Crippen LogP contribution >= 0.6 is 0 Å². The molecule has 0 aliphatic carbocycles. The molecule has 1 aromatic heterocycles. The first-order valence-electron chi connectivity index (χ1n) is 9.47. The average molecular weight is 376 g/mol. The molecule has 1 amide bonds. The summed E-state index contributed by atoms with van der Waals surface area (Å²) in [7, 11) is 1.67. The molecule has 1 aliphatic rings. The van der Waals surface area contributed by atoms with Gasteiger partial charge in [-0.2, -0.15) is 5.10 Å². The number of hydrogen-bond donors (Lipinski definition) is 0. The summed E-state index contributed by atoms with van der Waals surface area (Å²) >= 11 is 0. The molecule has 3 aromatic rings. The van der Waals surface area contributed by atoms with Gasteiger partial charge in [-0.15, -0.1) is 0 Å². The van der Waals surface area contributed by atoms with Gasteiger partial charge in [-0.1, -0.05) is 30.3 Å². The van der Waals surface area contributed by atoms with E-state index >= 15 is 0 Å². The molecule has 0 saturated carbocycles. The lowest BCUT2D eigenvalue weighted by atomic mass is 10.2. The molecule has 4 rings (SSSR count). The molecule has 0 spiro atoms. The normalized spacial score (nSPS) is 14.2. The number of amides is 1. The number of benzene rings is 2. The first-order valence-corrected chi connectivity index (χ1v) is 9.47. The Morgan fingerprint density at radius 3 is 2.39 bits per heavy atom. The second-order valence-corrected chi connectivity index (χ2v) is 6.89. The number of methoxy groups -OCH3 is 1. The quantitative estimate of drug-likeness (QED) is 0.687. The van der Waals surface area contributed by atoms with Gasteiger partial charge in [0.1, 0.15) is 5.75 Å². The maximum Gasteiger partial charge on any atom is 0.257 e. The summed E-state index contributed by atoms with van der Waals surface area (Å²) in [6.45, 7) is 3.70. The van der Waals surface area contributed by atoms with E-state index in [4.69, 9.17) is 4.74 Å². The molecule has 0 unspecified atom stereocenters. The zero-order valence-electron chi connectivity index (χ0n) is 16.0. The summed E-state index contributed by atoms with van der Waals surface area (Å²) in [6.07, 6.45) is 3.51. The lowest BCUT2D eigenvalue weighted by molar-refractivity contribution is 0.0746. The van der Waals surface area contributed by atoms with Crippen molar-refractivity contribution < 1.29 is 9.53 Å². The third-order valence-electron chi connectivity index (χ3n) is 5.07. The van der Waals surface area contributed by atoms with Gasteiger partial charge in [0.2, 0.25) is 0 Å². The first-order chi connectivity index (χ1) is 13.7. The standard InChI is InChI=1S/C22H24N4O2/c1-28-21-9-7-20(8-10-21)24-11-13-25(14-12-24)22(27)19-15-23-26(17-19)16-18-5-3-2-4-6-18/h2-10,15,17H,11-14,16H2,1H3. The van der Waals surface area contributed by atoms with Gasteiger partial charge in [0, 0.05) is 38.1 Å². The van der Waals surface area contributed by atoms with Crippen LogP contribution in [0.1, 0.15) is 15.9 Å². The maximum atomic E-state index is 12.8. The lowest BCUT2D eigenvalue weighted by Crippen LogP contribution is -2.48. The van der Waals surface area contributed by atoms with E-state index < -0.39 is 0 Å². The van der Waals surface area contributed by atoms with Crippen LogP contribution in [0, 0.1) is 0 Å². The topological polar surface area (TPSA) is 50.6 Å². The van der Waals surface area contributed by atoms with Crippen molar-refractivity contribution in [2.24, 2.45) is 0 Å². The number of carbonyl (C=O) groups excluding carboxylic acids is 1. The Balaban J connectivity index is 1.35. The van der Waals surface area contributed by atoms with E-state index in [1.807, 2.05) is 46.1 Å². The monoisotopic (exact) mass is 376 g/mol. The molecule has 1 aliphatic heterocycles. The predicted octanol–water partition coefficient (Wildman–Crippen LogP) is 2.90. The largest absolute Gasteiger partial charge is 0.497 e. The summed E-state index contributed by atoms with van der Waals surface area (Å²) in [5, 5.41) is 4.35. The molecule has 1 saturated heterocycles. The van der Waals surface area contributed by atoms with Crippen LogP contribution in [0.15, 0.2) is 67.0 Å². The molecule has 2 heterocycles. The van der Waals surface area contributed by atoms with E-state index in [0.717, 1.165) is 30.1 Å². The number of anilines is 1. The van der Waals surface area contributed by atoms with Crippen molar-refractivity contribution in [2.45, 2.75) is 6.54 Å². The SMILES string of the molecule is COc1ccc(N2CCN(C(=O)c3cnn(Cc4ccccc4)c3)CC2)cc1. The minimum absolute atomic E-state index is 0.0497. The van der Waals surface area contributed by atoms with Gasteiger partial charge in [0.15, 0.2) is 0 Å². The number of aromatic nitrogens is 2. The van der Waals surface area contributed by atoms with Gasteiger partial charge in [0.25, 0.3) is 5.91 Å². The van der Waals surface area contributed by atoms with Gasteiger partial charge in [-0.3, -0.25) is 9.48 Å². The molecule has 6 nitrogen and oxygen atoms in total. The molecular weight excluding hydrogens is 352 g/mol. The Morgan fingerprint density at radius 2 is 1.71 bits per heavy atom. The van der Waals surface area contributed by atoms with Crippen molar-refractivity contribution in [3.8, 4) is 5.75 Å². The molecule has 28 heavy (non-hydrogen) atoms. The molecular formula is C22H24N4O2. The van der Waals surface area contributed by atoms with Crippen molar-refractivity contribution in [1.29, 1.82) is 0 Å². The highest BCUT2D eigenvalue weighted by atomic mass is 16.5. The summed E-state index contributed by atoms with van der Waals surface area (Å²) in [6, 6.07) is 18.2. The minimum Gasteiger partial charge on any atom is -0.497 e. The summed E-state index contributed by atoms with van der Waals surface area (Å²) < 4.78 is 7.03. The summed E-state index contributed by atoms with van der Waals surface area (Å²) in [5.41, 5.74) is 2.97. The highest BCUT2D eigenvalue weighted by molar-refractivity contribution is 5.93. The molecule has 0 bridgehead atoms. The first kappa shape index (κ1) is 18.1. The number of rotatable bonds is 5. The van der Waals surface area contributed by atoms with Crippen molar-refractivity contribution in [2.75, 3.05) is 38.2 Å². The van der Waals surface area contributed by atoms with Crippen LogP contribution in [-0.2, 0) is 6.54 Å². The van der Waals surface area contributed by atoms with E-state index in [-0.39, 0.29) is 5.91 Å². The van der Waals surface area contributed by atoms with Crippen LogP contribution in [0.4, 0.5) is 5.69 Å². The second-order valence-electron chi connectivity index (χ2n) is 6.89. The number of carbonyl (C=O) groups is 1. The average Bonchev–Trinajstić information content (AvgIpc) is 3.22. The minimum atomic E-state index is 0.0497. The van der Waals surface area contributed by atoms with Crippen LogP contribution in [0.2, 0.25) is 0 Å². The second kappa shape index (κ2) is 8.17. The zero-order chi connectivity index (χ0) is 19.3. The Hall–Kier alpha value is -3.28. The van der Waals surface area contributed by atoms with Crippen molar-refractivity contribution >= 4 is 11.6 Å². The zero-order valence-corrected chi connectivity index (χ0v) is 16.0. The fourth-order valence-electron chi connectivity index (χ4n) is 3.47. The van der Waals surface area contributed by atoms with E-state index in [1.165, 1.54) is 0 Å². The lowest BCUT2D eigenvalue weighted by Gasteiger charge is -2.36. The van der Waals surface area contributed by atoms with Crippen LogP contribution < -0.4 is 9.64 Å². The fourth-order valence-corrected chi connectivity index (χ4v) is 3.47. The predicted molar refractivity (Wildman–Crippen MR) is 109 cm³/mol. The van der Waals surface area contributed by atoms with Gasteiger partial charge in [0.05, 0.1) is 25.4 Å². The Labute approximate surface area is 164 Å². The molecule has 1 fully saturated rings. The van der Waals surface area contributed by atoms with E-state index in [0.29, 0.717) is 25.2 Å². The summed E-state index contributed by atoms with van der Waals surface area (Å²) in [4.78, 5) is 17.0. The maximum absolute atomic E-state index is 12.8. The Kier molecular flexibility index (Phi) is 5.28. The Morgan fingerprint density at radius 1 is 1.00 bits per heavy atom. The van der Waals surface area contributed by atoms with E-state index in [9.17, 15) is 4.79 Å². The van der Waals surface area contributed by atoms with Gasteiger partial charge >= 0.3 is 0 Å². The number of hydrogen-bond acceptors (Lipinski definition) is 4. The number of nitrogens with zero attached hydrogens (tertiary/aromatic N) is 4. The van der Waals surface area contributed by atoms with Gasteiger partial charge in [-0.05, 0) is 29.8 Å². The molecule has 0 N–H and O–H groups in total. The molecule has 6 heteroatoms. The van der Waals surface area contributed by atoms with Crippen LogP contribution in [0.5, 0.6) is 5.75 Å². The van der Waals surface area contributed by atoms with Crippen LogP contribution in [0.25, 0.3) is 0 Å². The van der Waals surface area contributed by atoms with Gasteiger partial charge < -0.3 is 14.5 Å². The molecule has 0 radical (unpaired) electrons. The van der Waals surface area contributed by atoms with Crippen molar-refractivity contribution in [3.63, 3.8) is 0 Å². The summed E-state index contributed by atoms with van der Waals surface area (Å²) in [5.74, 6) is 0.902. The fraction of sp³-hybridized carbons (Fsp3) is 0.273. The third kappa shape index (κ3) is 4.01. The molecule has 144 valence electrons. The number of ether oxygens (including phenoxy) is 1.